The van der Waals surface area contributed by atoms with Crippen molar-refractivity contribution in [1.82, 2.24) is 0 Å². The summed E-state index contributed by atoms with van der Waals surface area (Å²) in [5, 5.41) is 0. The first-order valence-corrected chi connectivity index (χ1v) is 7.21. The van der Waals surface area contributed by atoms with Crippen molar-refractivity contribution in [3.05, 3.63) is 59.2 Å². The van der Waals surface area contributed by atoms with Gasteiger partial charge < -0.3 is 14.2 Å². The van der Waals surface area contributed by atoms with E-state index in [2.05, 4.69) is 12.1 Å². The van der Waals surface area contributed by atoms with E-state index in [9.17, 15) is 0 Å². The minimum Gasteiger partial charge on any atom is -0.497 e. The summed E-state index contributed by atoms with van der Waals surface area (Å²) < 4.78 is 16.6. The highest BCUT2D eigenvalue weighted by atomic mass is 16.5. The summed E-state index contributed by atoms with van der Waals surface area (Å²) in [5.74, 6) is 1.77. The van der Waals surface area contributed by atoms with Gasteiger partial charge in [-0.2, -0.15) is 0 Å². The Balaban J connectivity index is 1.67. The Bertz CT molecular complexity index is 604. The van der Waals surface area contributed by atoms with E-state index in [1.807, 2.05) is 30.3 Å². The van der Waals surface area contributed by atoms with E-state index in [-0.39, 0.29) is 6.10 Å². The Morgan fingerprint density at radius 2 is 1.67 bits per heavy atom. The summed E-state index contributed by atoms with van der Waals surface area (Å²) in [6.07, 6.45) is 2.28. The molecule has 2 aromatic carbocycles. The molecule has 1 atom stereocenters. The average molecular weight is 284 g/mol. The maximum absolute atomic E-state index is 6.09. The van der Waals surface area contributed by atoms with Crippen molar-refractivity contribution < 1.29 is 14.2 Å². The van der Waals surface area contributed by atoms with Gasteiger partial charge in [0.1, 0.15) is 11.5 Å². The van der Waals surface area contributed by atoms with Crippen LogP contribution in [0.1, 0.15) is 29.2 Å². The lowest BCUT2D eigenvalue weighted by molar-refractivity contribution is 0.0409. The van der Waals surface area contributed by atoms with Gasteiger partial charge in [0.15, 0.2) is 0 Å². The molecule has 110 valence electrons. The molecule has 0 bridgehead atoms. The van der Waals surface area contributed by atoms with Gasteiger partial charge in [0, 0.05) is 0 Å². The molecule has 0 aromatic heterocycles. The van der Waals surface area contributed by atoms with Crippen LogP contribution in [0.4, 0.5) is 0 Å². The van der Waals surface area contributed by atoms with Gasteiger partial charge in [0.05, 0.1) is 26.9 Å². The Labute approximate surface area is 125 Å². The molecule has 3 heteroatoms. The zero-order valence-corrected chi connectivity index (χ0v) is 12.5. The van der Waals surface area contributed by atoms with Crippen molar-refractivity contribution >= 4 is 0 Å². The summed E-state index contributed by atoms with van der Waals surface area (Å²) in [5.41, 5.74) is 3.80. The van der Waals surface area contributed by atoms with Crippen LogP contribution in [-0.4, -0.2) is 14.2 Å². The predicted molar refractivity (Wildman–Crippen MR) is 81.8 cm³/mol. The van der Waals surface area contributed by atoms with Crippen LogP contribution < -0.4 is 9.47 Å². The van der Waals surface area contributed by atoms with E-state index >= 15 is 0 Å². The van der Waals surface area contributed by atoms with Gasteiger partial charge in [0.25, 0.3) is 0 Å². The molecular weight excluding hydrogens is 264 g/mol. The SMILES string of the molecule is COc1ccc(COC2CCc3ccc(OC)cc32)cc1. The van der Waals surface area contributed by atoms with Gasteiger partial charge in [-0.05, 0) is 53.8 Å². The van der Waals surface area contributed by atoms with Crippen molar-refractivity contribution in [2.24, 2.45) is 0 Å². The van der Waals surface area contributed by atoms with Crippen molar-refractivity contribution in [1.29, 1.82) is 0 Å². The van der Waals surface area contributed by atoms with Gasteiger partial charge >= 0.3 is 0 Å². The van der Waals surface area contributed by atoms with Crippen molar-refractivity contribution in [2.75, 3.05) is 14.2 Å². The highest BCUT2D eigenvalue weighted by Gasteiger charge is 2.23. The minimum atomic E-state index is 0.164. The third-order valence-corrected chi connectivity index (χ3v) is 3.99. The lowest BCUT2D eigenvalue weighted by Gasteiger charge is -2.14. The largest absolute Gasteiger partial charge is 0.497 e. The number of methoxy groups -OCH3 is 2. The summed E-state index contributed by atoms with van der Waals surface area (Å²) >= 11 is 0. The molecule has 0 saturated carbocycles. The molecule has 0 radical (unpaired) electrons. The molecule has 0 amide bonds. The van der Waals surface area contributed by atoms with Gasteiger partial charge in [-0.15, -0.1) is 0 Å². The number of ether oxygens (including phenoxy) is 3. The van der Waals surface area contributed by atoms with Gasteiger partial charge in [-0.3, -0.25) is 0 Å². The normalized spacial score (nSPS) is 16.6. The second-order valence-electron chi connectivity index (χ2n) is 5.25. The fourth-order valence-electron chi connectivity index (χ4n) is 2.76. The number of rotatable bonds is 5. The second kappa shape index (κ2) is 6.19. The molecule has 1 aliphatic rings. The standard InChI is InChI=1S/C18H20O3/c1-19-15-7-3-13(4-8-15)12-21-18-10-6-14-5-9-16(20-2)11-17(14)18/h3-5,7-9,11,18H,6,10,12H2,1-2H3. The smallest absolute Gasteiger partial charge is 0.119 e. The Kier molecular flexibility index (Phi) is 4.11. The minimum absolute atomic E-state index is 0.164. The molecule has 1 unspecified atom stereocenters. The van der Waals surface area contributed by atoms with Crippen LogP contribution in [0.5, 0.6) is 11.5 Å². The van der Waals surface area contributed by atoms with Gasteiger partial charge in [-0.1, -0.05) is 18.2 Å². The fraction of sp³-hybridized carbons (Fsp3) is 0.333. The topological polar surface area (TPSA) is 27.7 Å². The molecule has 0 saturated heterocycles. The monoisotopic (exact) mass is 284 g/mol. The molecular formula is C18H20O3. The maximum Gasteiger partial charge on any atom is 0.119 e. The number of benzene rings is 2. The van der Waals surface area contributed by atoms with Crippen LogP contribution in [0.15, 0.2) is 42.5 Å². The van der Waals surface area contributed by atoms with Crippen LogP contribution in [0, 0.1) is 0 Å². The molecule has 0 N–H and O–H groups in total. The lowest BCUT2D eigenvalue weighted by Crippen LogP contribution is -2.01. The highest BCUT2D eigenvalue weighted by Crippen LogP contribution is 2.36. The Morgan fingerprint density at radius 1 is 0.952 bits per heavy atom. The quantitative estimate of drug-likeness (QED) is 0.833. The Hall–Kier alpha value is -2.00. The molecule has 0 spiro atoms. The molecule has 1 aliphatic carbocycles. The van der Waals surface area contributed by atoms with E-state index in [1.54, 1.807) is 14.2 Å². The van der Waals surface area contributed by atoms with Crippen LogP contribution >= 0.6 is 0 Å². The van der Waals surface area contributed by atoms with Crippen LogP contribution in [0.25, 0.3) is 0 Å². The van der Waals surface area contributed by atoms with Crippen molar-refractivity contribution in [2.45, 2.75) is 25.6 Å². The van der Waals surface area contributed by atoms with Crippen LogP contribution in [0.3, 0.4) is 0 Å². The van der Waals surface area contributed by atoms with E-state index in [0.717, 1.165) is 29.9 Å². The van der Waals surface area contributed by atoms with Crippen LogP contribution in [-0.2, 0) is 17.8 Å². The molecule has 3 nitrogen and oxygen atoms in total. The Morgan fingerprint density at radius 3 is 2.38 bits per heavy atom. The van der Waals surface area contributed by atoms with Gasteiger partial charge in [-0.25, -0.2) is 0 Å². The summed E-state index contributed by atoms with van der Waals surface area (Å²) in [6, 6.07) is 14.3. The third kappa shape index (κ3) is 3.03. The average Bonchev–Trinajstić information content (AvgIpc) is 2.95. The first kappa shape index (κ1) is 14.0. The van der Waals surface area contributed by atoms with Crippen LogP contribution in [0.2, 0.25) is 0 Å². The number of hydrogen-bond donors (Lipinski definition) is 0. The fourth-order valence-corrected chi connectivity index (χ4v) is 2.76. The predicted octanol–water partition coefficient (Wildman–Crippen LogP) is 3.91. The zero-order chi connectivity index (χ0) is 14.7. The van der Waals surface area contributed by atoms with Gasteiger partial charge in [0.2, 0.25) is 0 Å². The highest BCUT2D eigenvalue weighted by molar-refractivity contribution is 5.40. The van der Waals surface area contributed by atoms with Crippen molar-refractivity contribution in [3.8, 4) is 11.5 Å². The van der Waals surface area contributed by atoms with E-state index in [1.165, 1.54) is 11.1 Å². The first-order chi connectivity index (χ1) is 10.3. The van der Waals surface area contributed by atoms with Crippen molar-refractivity contribution in [3.63, 3.8) is 0 Å². The number of aryl methyl sites for hydroxylation is 1. The molecule has 0 aliphatic heterocycles. The van der Waals surface area contributed by atoms with E-state index in [4.69, 9.17) is 14.2 Å². The lowest BCUT2D eigenvalue weighted by atomic mass is 10.1. The zero-order valence-electron chi connectivity index (χ0n) is 12.5. The molecule has 0 fully saturated rings. The summed E-state index contributed by atoms with van der Waals surface area (Å²) in [6.45, 7) is 0.616. The maximum atomic E-state index is 6.09. The molecule has 0 heterocycles. The number of hydrogen-bond acceptors (Lipinski definition) is 3. The van der Waals surface area contributed by atoms with E-state index < -0.39 is 0 Å². The summed E-state index contributed by atoms with van der Waals surface area (Å²) in [7, 11) is 3.37. The second-order valence-corrected chi connectivity index (χ2v) is 5.25. The molecule has 3 rings (SSSR count). The molecule has 2 aromatic rings. The third-order valence-electron chi connectivity index (χ3n) is 3.99. The van der Waals surface area contributed by atoms with E-state index in [0.29, 0.717) is 6.61 Å². The number of fused-ring (bicyclic) bond motifs is 1. The first-order valence-electron chi connectivity index (χ1n) is 7.21. The summed E-state index contributed by atoms with van der Waals surface area (Å²) in [4.78, 5) is 0. The molecule has 21 heavy (non-hydrogen) atoms.